The van der Waals surface area contributed by atoms with Crippen LogP contribution in [0.2, 0.25) is 0 Å². The molecule has 3 N–H and O–H groups in total. The van der Waals surface area contributed by atoms with Crippen molar-refractivity contribution in [3.05, 3.63) is 60.2 Å². The number of anilines is 1. The summed E-state index contributed by atoms with van der Waals surface area (Å²) in [5.74, 6) is -1.52. The Balaban J connectivity index is 1.76. The molecule has 3 atom stereocenters. The third-order valence-electron chi connectivity index (χ3n) is 5.37. The highest BCUT2D eigenvalue weighted by molar-refractivity contribution is 5.97. The molecule has 0 radical (unpaired) electrons. The molecule has 1 unspecified atom stereocenters. The zero-order valence-electron chi connectivity index (χ0n) is 18.2. The van der Waals surface area contributed by atoms with E-state index < -0.39 is 42.2 Å². The first-order chi connectivity index (χ1) is 16.0. The van der Waals surface area contributed by atoms with Crippen molar-refractivity contribution in [2.45, 2.75) is 50.9 Å². The van der Waals surface area contributed by atoms with E-state index in [1.54, 1.807) is 24.3 Å². The van der Waals surface area contributed by atoms with Crippen molar-refractivity contribution < 1.29 is 37.0 Å². The molecule has 3 rings (SSSR count). The van der Waals surface area contributed by atoms with E-state index in [9.17, 15) is 27.6 Å². The Morgan fingerprint density at radius 1 is 1.12 bits per heavy atom. The molecule has 8 nitrogen and oxygen atoms in total. The normalized spacial score (nSPS) is 18.8. The fourth-order valence-electron chi connectivity index (χ4n) is 3.77. The van der Waals surface area contributed by atoms with Gasteiger partial charge in [-0.15, -0.1) is 13.2 Å². The summed E-state index contributed by atoms with van der Waals surface area (Å²) in [4.78, 5) is 39.0. The van der Waals surface area contributed by atoms with Crippen LogP contribution in [-0.2, 0) is 20.9 Å². The number of carbonyl (C=O) groups is 3. The fraction of sp³-hybridized carbons (Fsp3) is 0.348. The quantitative estimate of drug-likeness (QED) is 0.628. The second-order valence-electron chi connectivity index (χ2n) is 7.81. The highest BCUT2D eigenvalue weighted by atomic mass is 19.4. The van der Waals surface area contributed by atoms with Gasteiger partial charge in [-0.05, 0) is 37.5 Å². The molecule has 1 saturated heterocycles. The number of benzene rings is 2. The smallest absolute Gasteiger partial charge is 0.445 e. The molecule has 1 aliphatic rings. The second-order valence-corrected chi connectivity index (χ2v) is 7.81. The lowest BCUT2D eigenvalue weighted by molar-refractivity contribution is -0.274. The Labute approximate surface area is 193 Å². The summed E-state index contributed by atoms with van der Waals surface area (Å²) in [7, 11) is 0. The second kappa shape index (κ2) is 10.6. The number of hydrogen-bond acceptors (Lipinski definition) is 6. The SMILES string of the molecule is CC(=O)C(N)[C@H]1CC[C@@H](C(=O)Nc2cccc(OC(F)(F)F)c2)N1C(=O)OCc1ccccc1. The minimum Gasteiger partial charge on any atom is -0.445 e. The van der Waals surface area contributed by atoms with Crippen molar-refractivity contribution in [1.82, 2.24) is 4.90 Å². The molecular formula is C23H24F3N3O5. The number of rotatable bonds is 7. The first-order valence-electron chi connectivity index (χ1n) is 10.5. The van der Waals surface area contributed by atoms with Crippen molar-refractivity contribution >= 4 is 23.5 Å². The van der Waals surface area contributed by atoms with E-state index in [4.69, 9.17) is 10.5 Å². The standard InChI is InChI=1S/C23H24F3N3O5/c1-14(30)20(27)18-10-11-19(29(18)22(32)33-13-15-6-3-2-4-7-15)21(31)28-16-8-5-9-17(12-16)34-23(24,25)26/h2-9,12,18-20H,10-11,13,27H2,1H3,(H,28,31)/t18-,19+,20?/m1/s1. The summed E-state index contributed by atoms with van der Waals surface area (Å²) < 4.78 is 46.7. The summed E-state index contributed by atoms with van der Waals surface area (Å²) in [5, 5.41) is 2.50. The van der Waals surface area contributed by atoms with Gasteiger partial charge in [0, 0.05) is 11.8 Å². The predicted octanol–water partition coefficient (Wildman–Crippen LogP) is 3.61. The first-order valence-corrected chi connectivity index (χ1v) is 10.5. The molecule has 1 fully saturated rings. The van der Waals surface area contributed by atoms with Gasteiger partial charge in [0.1, 0.15) is 24.2 Å². The summed E-state index contributed by atoms with van der Waals surface area (Å²) in [6.45, 7) is 1.24. The highest BCUT2D eigenvalue weighted by Crippen LogP contribution is 2.30. The maximum atomic E-state index is 13.0. The number of nitrogens with two attached hydrogens (primary N) is 1. The molecule has 0 saturated carbocycles. The van der Waals surface area contributed by atoms with E-state index >= 15 is 0 Å². The third kappa shape index (κ3) is 6.47. The minimum absolute atomic E-state index is 0.0451. The largest absolute Gasteiger partial charge is 0.573 e. The van der Waals surface area contributed by atoms with E-state index in [-0.39, 0.29) is 30.9 Å². The van der Waals surface area contributed by atoms with Gasteiger partial charge < -0.3 is 20.5 Å². The van der Waals surface area contributed by atoms with Gasteiger partial charge >= 0.3 is 12.5 Å². The van der Waals surface area contributed by atoms with Crippen LogP contribution < -0.4 is 15.8 Å². The van der Waals surface area contributed by atoms with Crippen molar-refractivity contribution in [2.24, 2.45) is 5.73 Å². The van der Waals surface area contributed by atoms with Crippen molar-refractivity contribution in [3.8, 4) is 5.75 Å². The van der Waals surface area contributed by atoms with Crippen LogP contribution in [0.15, 0.2) is 54.6 Å². The zero-order chi connectivity index (χ0) is 24.9. The molecule has 1 aliphatic heterocycles. The van der Waals surface area contributed by atoms with Gasteiger partial charge in [0.05, 0.1) is 12.1 Å². The number of Topliss-reactive ketones (excluding diaryl/α,β-unsaturated/α-hetero) is 1. The molecule has 0 spiro atoms. The maximum Gasteiger partial charge on any atom is 0.573 e. The van der Waals surface area contributed by atoms with Crippen molar-refractivity contribution in [3.63, 3.8) is 0 Å². The van der Waals surface area contributed by atoms with Gasteiger partial charge in [0.2, 0.25) is 5.91 Å². The van der Waals surface area contributed by atoms with E-state index in [2.05, 4.69) is 10.1 Å². The molecule has 0 aliphatic carbocycles. The number of ether oxygens (including phenoxy) is 2. The van der Waals surface area contributed by atoms with Gasteiger partial charge in [-0.25, -0.2) is 4.79 Å². The monoisotopic (exact) mass is 479 g/mol. The zero-order valence-corrected chi connectivity index (χ0v) is 18.2. The fourth-order valence-corrected chi connectivity index (χ4v) is 3.77. The molecule has 2 aromatic rings. The average molecular weight is 479 g/mol. The minimum atomic E-state index is -4.89. The first kappa shape index (κ1) is 25.0. The maximum absolute atomic E-state index is 13.0. The number of nitrogens with one attached hydrogen (secondary N) is 1. The van der Waals surface area contributed by atoms with Crippen molar-refractivity contribution in [2.75, 3.05) is 5.32 Å². The average Bonchev–Trinajstić information content (AvgIpc) is 3.22. The molecular weight excluding hydrogens is 455 g/mol. The third-order valence-corrected chi connectivity index (χ3v) is 5.37. The molecule has 2 aromatic carbocycles. The number of hydrogen-bond donors (Lipinski definition) is 2. The van der Waals surface area contributed by atoms with Crippen LogP contribution in [0, 0.1) is 0 Å². The molecule has 34 heavy (non-hydrogen) atoms. The van der Waals surface area contributed by atoms with Crippen LogP contribution in [0.4, 0.5) is 23.7 Å². The summed E-state index contributed by atoms with van der Waals surface area (Å²) in [6.07, 6.45) is -5.24. The summed E-state index contributed by atoms with van der Waals surface area (Å²) >= 11 is 0. The molecule has 1 heterocycles. The van der Waals surface area contributed by atoms with Crippen LogP contribution >= 0.6 is 0 Å². The highest BCUT2D eigenvalue weighted by Gasteiger charge is 2.45. The molecule has 0 bridgehead atoms. The molecule has 182 valence electrons. The Morgan fingerprint density at radius 3 is 2.47 bits per heavy atom. The molecule has 11 heteroatoms. The number of alkyl halides is 3. The lowest BCUT2D eigenvalue weighted by atomic mass is 10.0. The lowest BCUT2D eigenvalue weighted by Gasteiger charge is -2.31. The number of ketones is 1. The Hall–Kier alpha value is -3.60. The number of carbonyl (C=O) groups excluding carboxylic acids is 3. The summed E-state index contributed by atoms with van der Waals surface area (Å²) in [6, 6.07) is 10.8. The number of likely N-dealkylation sites (tertiary alicyclic amines) is 1. The number of halogens is 3. The van der Waals surface area contributed by atoms with Crippen LogP contribution in [0.3, 0.4) is 0 Å². The predicted molar refractivity (Wildman–Crippen MR) is 116 cm³/mol. The van der Waals surface area contributed by atoms with Gasteiger partial charge in [-0.2, -0.15) is 0 Å². The van der Waals surface area contributed by atoms with Crippen LogP contribution in [-0.4, -0.2) is 47.2 Å². The van der Waals surface area contributed by atoms with Gasteiger partial charge in [0.15, 0.2) is 0 Å². The van der Waals surface area contributed by atoms with Crippen molar-refractivity contribution in [1.29, 1.82) is 0 Å². The van der Waals surface area contributed by atoms with Crippen LogP contribution in [0.5, 0.6) is 5.75 Å². The molecule has 0 aromatic heterocycles. The lowest BCUT2D eigenvalue weighted by Crippen LogP contribution is -2.54. The Bertz CT molecular complexity index is 1030. The van der Waals surface area contributed by atoms with Crippen LogP contribution in [0.25, 0.3) is 0 Å². The van der Waals surface area contributed by atoms with E-state index in [0.29, 0.717) is 0 Å². The number of nitrogens with zero attached hydrogens (tertiary/aromatic N) is 1. The van der Waals surface area contributed by atoms with E-state index in [1.807, 2.05) is 6.07 Å². The van der Waals surface area contributed by atoms with Gasteiger partial charge in [-0.1, -0.05) is 36.4 Å². The van der Waals surface area contributed by atoms with Gasteiger partial charge in [-0.3, -0.25) is 14.5 Å². The molecule has 2 amide bonds. The van der Waals surface area contributed by atoms with Gasteiger partial charge in [0.25, 0.3) is 0 Å². The number of amides is 2. The Morgan fingerprint density at radius 2 is 1.82 bits per heavy atom. The van der Waals surface area contributed by atoms with E-state index in [1.165, 1.54) is 19.1 Å². The Kier molecular flexibility index (Phi) is 7.77. The van der Waals surface area contributed by atoms with E-state index in [0.717, 1.165) is 22.6 Å². The van der Waals surface area contributed by atoms with Crippen LogP contribution in [0.1, 0.15) is 25.3 Å². The topological polar surface area (TPSA) is 111 Å². The summed E-state index contributed by atoms with van der Waals surface area (Å²) in [5.41, 5.74) is 6.77.